The fourth-order valence-corrected chi connectivity index (χ4v) is 1.80. The molecule has 0 bridgehead atoms. The molecule has 0 fully saturated rings. The number of hydrogen-bond acceptors (Lipinski definition) is 1. The molecule has 0 spiro atoms. The smallest absolute Gasteiger partial charge is 0.248 e. The van der Waals surface area contributed by atoms with Crippen LogP contribution in [0.3, 0.4) is 0 Å². The first kappa shape index (κ1) is 13.7. The highest BCUT2D eigenvalue weighted by molar-refractivity contribution is 6.42. The molecule has 19 heavy (non-hydrogen) atoms. The molecule has 2 nitrogen and oxygen atoms in total. The molecule has 0 atom stereocenters. The Kier molecular flexibility index (Phi) is 4.61. The zero-order valence-electron chi connectivity index (χ0n) is 9.94. The Balaban J connectivity index is 2.02. The molecule has 0 unspecified atom stereocenters. The summed E-state index contributed by atoms with van der Waals surface area (Å²) in [6, 6.07) is 14.4. The van der Waals surface area contributed by atoms with Crippen LogP contribution in [0.15, 0.2) is 54.6 Å². The molecule has 0 aliphatic rings. The lowest BCUT2D eigenvalue weighted by molar-refractivity contribution is -0.111. The molecule has 4 heteroatoms. The lowest BCUT2D eigenvalue weighted by atomic mass is 10.2. The van der Waals surface area contributed by atoms with Crippen molar-refractivity contribution in [2.24, 2.45) is 0 Å². The summed E-state index contributed by atoms with van der Waals surface area (Å²) in [5.41, 5.74) is 1.57. The Morgan fingerprint density at radius 3 is 2.42 bits per heavy atom. The highest BCUT2D eigenvalue weighted by atomic mass is 35.5. The number of nitrogens with one attached hydrogen (secondary N) is 1. The average molecular weight is 292 g/mol. The van der Waals surface area contributed by atoms with Gasteiger partial charge in [-0.15, -0.1) is 0 Å². The molecule has 2 aromatic carbocycles. The molecule has 0 saturated carbocycles. The molecule has 0 radical (unpaired) electrons. The summed E-state index contributed by atoms with van der Waals surface area (Å²) in [7, 11) is 0. The van der Waals surface area contributed by atoms with Crippen molar-refractivity contribution in [1.29, 1.82) is 0 Å². The van der Waals surface area contributed by atoms with Crippen molar-refractivity contribution in [2.75, 3.05) is 5.32 Å². The number of para-hydroxylation sites is 1. The van der Waals surface area contributed by atoms with Gasteiger partial charge in [-0.05, 0) is 35.9 Å². The SMILES string of the molecule is O=C(C=Cc1ccc(Cl)c(Cl)c1)Nc1ccccc1. The second-order valence-corrected chi connectivity index (χ2v) is 4.68. The summed E-state index contributed by atoms with van der Waals surface area (Å²) in [4.78, 5) is 11.7. The quantitative estimate of drug-likeness (QED) is 0.820. The number of anilines is 1. The second kappa shape index (κ2) is 6.41. The highest BCUT2D eigenvalue weighted by Gasteiger charge is 1.99. The minimum atomic E-state index is -0.197. The summed E-state index contributed by atoms with van der Waals surface area (Å²) >= 11 is 11.7. The van der Waals surface area contributed by atoms with E-state index in [2.05, 4.69) is 5.32 Å². The Morgan fingerprint density at radius 2 is 1.74 bits per heavy atom. The maximum absolute atomic E-state index is 11.7. The lowest BCUT2D eigenvalue weighted by Gasteiger charge is -2.01. The summed E-state index contributed by atoms with van der Waals surface area (Å²) < 4.78 is 0. The van der Waals surface area contributed by atoms with Crippen molar-refractivity contribution in [3.63, 3.8) is 0 Å². The number of halogens is 2. The van der Waals surface area contributed by atoms with E-state index >= 15 is 0 Å². The fourth-order valence-electron chi connectivity index (χ4n) is 1.49. The van der Waals surface area contributed by atoms with Gasteiger partial charge in [0, 0.05) is 11.8 Å². The molecule has 1 amide bonds. The summed E-state index contributed by atoms with van der Waals surface area (Å²) in [6.07, 6.45) is 3.13. The Labute approximate surface area is 121 Å². The van der Waals surface area contributed by atoms with E-state index in [1.54, 1.807) is 24.3 Å². The molecule has 0 heterocycles. The molecular formula is C15H11Cl2NO. The standard InChI is InChI=1S/C15H11Cl2NO/c16-13-8-6-11(10-14(13)17)7-9-15(19)18-12-4-2-1-3-5-12/h1-10H,(H,18,19). The van der Waals surface area contributed by atoms with Gasteiger partial charge in [0.15, 0.2) is 0 Å². The van der Waals surface area contributed by atoms with E-state index in [0.29, 0.717) is 10.0 Å². The first-order chi connectivity index (χ1) is 9.15. The Bertz CT molecular complexity index is 609. The predicted octanol–water partition coefficient (Wildman–Crippen LogP) is 4.65. The molecule has 0 aliphatic heterocycles. The van der Waals surface area contributed by atoms with Crippen LogP contribution in [0.25, 0.3) is 6.08 Å². The number of amides is 1. The zero-order valence-corrected chi connectivity index (χ0v) is 11.4. The third-order valence-electron chi connectivity index (χ3n) is 2.41. The first-order valence-corrected chi connectivity index (χ1v) is 6.40. The summed E-state index contributed by atoms with van der Waals surface area (Å²) in [6.45, 7) is 0. The van der Waals surface area contributed by atoms with Crippen LogP contribution in [-0.2, 0) is 4.79 Å². The van der Waals surface area contributed by atoms with E-state index in [1.807, 2.05) is 30.3 Å². The zero-order chi connectivity index (χ0) is 13.7. The van der Waals surface area contributed by atoms with Crippen LogP contribution in [0.4, 0.5) is 5.69 Å². The molecule has 2 aromatic rings. The maximum Gasteiger partial charge on any atom is 0.248 e. The van der Waals surface area contributed by atoms with Gasteiger partial charge in [-0.2, -0.15) is 0 Å². The van der Waals surface area contributed by atoms with Gasteiger partial charge in [-0.3, -0.25) is 4.79 Å². The Hall–Kier alpha value is -1.77. The normalized spacial score (nSPS) is 10.6. The van der Waals surface area contributed by atoms with Crippen molar-refractivity contribution in [1.82, 2.24) is 0 Å². The first-order valence-electron chi connectivity index (χ1n) is 5.64. The van der Waals surface area contributed by atoms with Gasteiger partial charge in [0.1, 0.15) is 0 Å². The van der Waals surface area contributed by atoms with E-state index < -0.39 is 0 Å². The minimum Gasteiger partial charge on any atom is -0.323 e. The summed E-state index contributed by atoms with van der Waals surface area (Å²) in [5.74, 6) is -0.197. The predicted molar refractivity (Wildman–Crippen MR) is 80.6 cm³/mol. The van der Waals surface area contributed by atoms with Crippen LogP contribution >= 0.6 is 23.2 Å². The van der Waals surface area contributed by atoms with Gasteiger partial charge in [0.2, 0.25) is 5.91 Å². The van der Waals surface area contributed by atoms with Crippen LogP contribution in [0.5, 0.6) is 0 Å². The van der Waals surface area contributed by atoms with Crippen LogP contribution in [0.1, 0.15) is 5.56 Å². The molecule has 2 rings (SSSR count). The van der Waals surface area contributed by atoms with E-state index in [-0.39, 0.29) is 5.91 Å². The Morgan fingerprint density at radius 1 is 1.00 bits per heavy atom. The molecule has 0 aromatic heterocycles. The number of carbonyl (C=O) groups is 1. The van der Waals surface area contributed by atoms with Gasteiger partial charge in [-0.1, -0.05) is 47.5 Å². The topological polar surface area (TPSA) is 29.1 Å². The highest BCUT2D eigenvalue weighted by Crippen LogP contribution is 2.23. The fraction of sp³-hybridized carbons (Fsp3) is 0. The lowest BCUT2D eigenvalue weighted by Crippen LogP contribution is -2.07. The van der Waals surface area contributed by atoms with Gasteiger partial charge in [-0.25, -0.2) is 0 Å². The number of rotatable bonds is 3. The second-order valence-electron chi connectivity index (χ2n) is 3.86. The van der Waals surface area contributed by atoms with Crippen molar-refractivity contribution in [2.45, 2.75) is 0 Å². The largest absolute Gasteiger partial charge is 0.323 e. The van der Waals surface area contributed by atoms with Crippen LogP contribution in [0.2, 0.25) is 10.0 Å². The molecule has 96 valence electrons. The summed E-state index contributed by atoms with van der Waals surface area (Å²) in [5, 5.41) is 3.71. The van der Waals surface area contributed by atoms with Gasteiger partial charge >= 0.3 is 0 Å². The third kappa shape index (κ3) is 4.12. The molecular weight excluding hydrogens is 281 g/mol. The number of benzene rings is 2. The van der Waals surface area contributed by atoms with Crippen molar-refractivity contribution < 1.29 is 4.79 Å². The van der Waals surface area contributed by atoms with Crippen LogP contribution < -0.4 is 5.32 Å². The van der Waals surface area contributed by atoms with Crippen LogP contribution in [0, 0.1) is 0 Å². The van der Waals surface area contributed by atoms with E-state index in [0.717, 1.165) is 11.3 Å². The van der Waals surface area contributed by atoms with Gasteiger partial charge < -0.3 is 5.32 Å². The molecule has 0 saturated heterocycles. The monoisotopic (exact) mass is 291 g/mol. The van der Waals surface area contributed by atoms with E-state index in [9.17, 15) is 4.79 Å². The minimum absolute atomic E-state index is 0.197. The number of carbonyl (C=O) groups excluding carboxylic acids is 1. The van der Waals surface area contributed by atoms with Crippen molar-refractivity contribution in [3.05, 3.63) is 70.2 Å². The molecule has 0 aliphatic carbocycles. The van der Waals surface area contributed by atoms with Crippen molar-refractivity contribution >= 4 is 40.9 Å². The maximum atomic E-state index is 11.7. The van der Waals surface area contributed by atoms with Gasteiger partial charge in [0.05, 0.1) is 10.0 Å². The van der Waals surface area contributed by atoms with E-state index in [4.69, 9.17) is 23.2 Å². The third-order valence-corrected chi connectivity index (χ3v) is 3.15. The number of hydrogen-bond donors (Lipinski definition) is 1. The molecule has 1 N–H and O–H groups in total. The average Bonchev–Trinajstić information content (AvgIpc) is 2.41. The van der Waals surface area contributed by atoms with Gasteiger partial charge in [0.25, 0.3) is 0 Å². The van der Waals surface area contributed by atoms with Crippen LogP contribution in [-0.4, -0.2) is 5.91 Å². The van der Waals surface area contributed by atoms with Crippen molar-refractivity contribution in [3.8, 4) is 0 Å². The van der Waals surface area contributed by atoms with E-state index in [1.165, 1.54) is 6.08 Å².